The maximum Gasteiger partial charge on any atom is 0.238 e. The lowest BCUT2D eigenvalue weighted by Gasteiger charge is -2.24. The van der Waals surface area contributed by atoms with Crippen LogP contribution in [-0.2, 0) is 4.79 Å². The van der Waals surface area contributed by atoms with Crippen molar-refractivity contribution in [1.29, 1.82) is 0 Å². The number of hydrogen-bond acceptors (Lipinski definition) is 3. The molecular weight excluding hydrogens is 228 g/mol. The molecule has 0 aliphatic carbocycles. The zero-order valence-electron chi connectivity index (χ0n) is 11.3. The van der Waals surface area contributed by atoms with Gasteiger partial charge in [-0.15, -0.1) is 0 Å². The fourth-order valence-electron chi connectivity index (χ4n) is 1.76. The number of nitrogens with zero attached hydrogens (tertiary/aromatic N) is 1. The van der Waals surface area contributed by atoms with Crippen molar-refractivity contribution >= 4 is 11.6 Å². The average Bonchev–Trinajstić information content (AvgIpc) is 2.28. The van der Waals surface area contributed by atoms with E-state index >= 15 is 0 Å². The number of hydrogen-bond donors (Lipinski definition) is 2. The van der Waals surface area contributed by atoms with Crippen LogP contribution in [0.2, 0.25) is 0 Å². The molecule has 1 aromatic carbocycles. The molecule has 4 nitrogen and oxygen atoms in total. The van der Waals surface area contributed by atoms with Crippen LogP contribution in [0.15, 0.2) is 24.3 Å². The third-order valence-electron chi connectivity index (χ3n) is 2.77. The number of amides is 1. The van der Waals surface area contributed by atoms with E-state index in [1.165, 1.54) is 0 Å². The van der Waals surface area contributed by atoms with Crippen LogP contribution in [0.4, 0.5) is 5.69 Å². The van der Waals surface area contributed by atoms with Gasteiger partial charge in [0.05, 0.1) is 13.2 Å². The second kappa shape index (κ2) is 7.13. The molecule has 0 fully saturated rings. The minimum atomic E-state index is -0.0530. The minimum Gasteiger partial charge on any atom is -0.395 e. The molecule has 0 atom stereocenters. The van der Waals surface area contributed by atoms with Gasteiger partial charge in [0.2, 0.25) is 5.91 Å². The average molecular weight is 250 g/mol. The second-order valence-corrected chi connectivity index (χ2v) is 4.71. The number of aryl methyl sites for hydroxylation is 1. The first kappa shape index (κ1) is 14.7. The van der Waals surface area contributed by atoms with Crippen molar-refractivity contribution in [2.45, 2.75) is 26.8 Å². The topological polar surface area (TPSA) is 52.6 Å². The van der Waals surface area contributed by atoms with Gasteiger partial charge in [0.25, 0.3) is 0 Å². The van der Waals surface area contributed by atoms with E-state index < -0.39 is 0 Å². The number of carbonyl (C=O) groups is 1. The standard InChI is InChI=1S/C14H22N2O2/c1-11(2)16(7-8-17)10-14(18)15-13-6-4-5-12(3)9-13/h4-6,9,11,17H,7-8,10H2,1-3H3,(H,15,18). The number of benzene rings is 1. The summed E-state index contributed by atoms with van der Waals surface area (Å²) in [5.41, 5.74) is 1.93. The lowest BCUT2D eigenvalue weighted by molar-refractivity contribution is -0.117. The summed E-state index contributed by atoms with van der Waals surface area (Å²) < 4.78 is 0. The van der Waals surface area contributed by atoms with Crippen LogP contribution in [-0.4, -0.2) is 41.7 Å². The van der Waals surface area contributed by atoms with Gasteiger partial charge < -0.3 is 10.4 Å². The van der Waals surface area contributed by atoms with Crippen molar-refractivity contribution in [3.8, 4) is 0 Å². The summed E-state index contributed by atoms with van der Waals surface area (Å²) in [6, 6.07) is 7.95. The van der Waals surface area contributed by atoms with E-state index in [4.69, 9.17) is 5.11 Å². The van der Waals surface area contributed by atoms with E-state index in [2.05, 4.69) is 5.32 Å². The fraction of sp³-hybridized carbons (Fsp3) is 0.500. The van der Waals surface area contributed by atoms with Gasteiger partial charge >= 0.3 is 0 Å². The molecule has 18 heavy (non-hydrogen) atoms. The van der Waals surface area contributed by atoms with Gasteiger partial charge in [-0.2, -0.15) is 0 Å². The van der Waals surface area contributed by atoms with Gasteiger partial charge in [0.1, 0.15) is 0 Å². The molecule has 0 aliphatic heterocycles. The third-order valence-corrected chi connectivity index (χ3v) is 2.77. The van der Waals surface area contributed by atoms with Crippen LogP contribution < -0.4 is 5.32 Å². The van der Waals surface area contributed by atoms with E-state index in [1.807, 2.05) is 49.9 Å². The second-order valence-electron chi connectivity index (χ2n) is 4.71. The molecule has 0 saturated heterocycles. The molecule has 1 amide bonds. The number of anilines is 1. The highest BCUT2D eigenvalue weighted by Gasteiger charge is 2.13. The summed E-state index contributed by atoms with van der Waals surface area (Å²) in [7, 11) is 0. The lowest BCUT2D eigenvalue weighted by atomic mass is 10.2. The van der Waals surface area contributed by atoms with Crippen LogP contribution in [0.1, 0.15) is 19.4 Å². The van der Waals surface area contributed by atoms with Crippen molar-refractivity contribution in [2.75, 3.05) is 25.0 Å². The summed E-state index contributed by atoms with van der Waals surface area (Å²) >= 11 is 0. The van der Waals surface area contributed by atoms with Crippen LogP contribution in [0.5, 0.6) is 0 Å². The molecule has 4 heteroatoms. The summed E-state index contributed by atoms with van der Waals surface area (Å²) in [6.07, 6.45) is 0. The first-order valence-corrected chi connectivity index (χ1v) is 6.24. The van der Waals surface area contributed by atoms with E-state index in [9.17, 15) is 4.79 Å². The van der Waals surface area contributed by atoms with Gasteiger partial charge in [-0.1, -0.05) is 12.1 Å². The highest BCUT2D eigenvalue weighted by molar-refractivity contribution is 5.92. The van der Waals surface area contributed by atoms with Crippen LogP contribution in [0.3, 0.4) is 0 Å². The molecular formula is C14H22N2O2. The Balaban J connectivity index is 2.55. The molecule has 0 aromatic heterocycles. The van der Waals surface area contributed by atoms with E-state index in [1.54, 1.807) is 0 Å². The third kappa shape index (κ3) is 4.85. The first-order valence-electron chi connectivity index (χ1n) is 6.24. The Morgan fingerprint density at radius 3 is 2.72 bits per heavy atom. The Kier molecular flexibility index (Phi) is 5.82. The minimum absolute atomic E-state index is 0.0530. The summed E-state index contributed by atoms with van der Waals surface area (Å²) in [5.74, 6) is -0.0530. The Bertz CT molecular complexity index is 391. The quantitative estimate of drug-likeness (QED) is 0.807. The van der Waals surface area contributed by atoms with Gasteiger partial charge in [-0.3, -0.25) is 9.69 Å². The lowest BCUT2D eigenvalue weighted by Crippen LogP contribution is -2.39. The predicted molar refractivity (Wildman–Crippen MR) is 73.6 cm³/mol. The van der Waals surface area contributed by atoms with E-state index in [0.29, 0.717) is 13.1 Å². The normalized spacial score (nSPS) is 11.0. The Hall–Kier alpha value is -1.39. The zero-order valence-corrected chi connectivity index (χ0v) is 11.3. The fourth-order valence-corrected chi connectivity index (χ4v) is 1.76. The zero-order chi connectivity index (χ0) is 13.5. The maximum absolute atomic E-state index is 11.9. The largest absolute Gasteiger partial charge is 0.395 e. The summed E-state index contributed by atoms with van der Waals surface area (Å²) in [6.45, 7) is 6.88. The highest BCUT2D eigenvalue weighted by atomic mass is 16.3. The smallest absolute Gasteiger partial charge is 0.238 e. The molecule has 1 aromatic rings. The van der Waals surface area contributed by atoms with Crippen LogP contribution in [0, 0.1) is 6.92 Å². The molecule has 0 saturated carbocycles. The van der Waals surface area contributed by atoms with E-state index in [0.717, 1.165) is 11.3 Å². The monoisotopic (exact) mass is 250 g/mol. The molecule has 2 N–H and O–H groups in total. The summed E-state index contributed by atoms with van der Waals surface area (Å²) in [5, 5.41) is 11.8. The van der Waals surface area contributed by atoms with Gasteiger partial charge in [0.15, 0.2) is 0 Å². The van der Waals surface area contributed by atoms with Gasteiger partial charge in [0, 0.05) is 18.3 Å². The number of aliphatic hydroxyl groups is 1. The van der Waals surface area contributed by atoms with Gasteiger partial charge in [-0.05, 0) is 38.5 Å². The molecule has 0 aliphatic rings. The molecule has 0 bridgehead atoms. The SMILES string of the molecule is Cc1cccc(NC(=O)CN(CCO)C(C)C)c1. The first-order chi connectivity index (χ1) is 8.52. The van der Waals surface area contributed by atoms with Gasteiger partial charge in [-0.25, -0.2) is 0 Å². The number of carbonyl (C=O) groups excluding carboxylic acids is 1. The van der Waals surface area contributed by atoms with Crippen LogP contribution >= 0.6 is 0 Å². The number of rotatable bonds is 6. The highest BCUT2D eigenvalue weighted by Crippen LogP contribution is 2.09. The van der Waals surface area contributed by atoms with E-state index in [-0.39, 0.29) is 18.6 Å². The number of aliphatic hydroxyl groups excluding tert-OH is 1. The van der Waals surface area contributed by atoms with Crippen LogP contribution in [0.25, 0.3) is 0 Å². The van der Waals surface area contributed by atoms with Crippen molar-refractivity contribution in [2.24, 2.45) is 0 Å². The van der Waals surface area contributed by atoms with Crippen molar-refractivity contribution in [3.05, 3.63) is 29.8 Å². The summed E-state index contributed by atoms with van der Waals surface area (Å²) in [4.78, 5) is 13.8. The molecule has 0 spiro atoms. The van der Waals surface area contributed by atoms with Crippen molar-refractivity contribution in [1.82, 2.24) is 4.90 Å². The molecule has 0 heterocycles. The molecule has 0 unspecified atom stereocenters. The predicted octanol–water partition coefficient (Wildman–Crippen LogP) is 1.64. The Morgan fingerprint density at radius 1 is 1.44 bits per heavy atom. The van der Waals surface area contributed by atoms with Crippen molar-refractivity contribution < 1.29 is 9.90 Å². The Labute approximate surface area is 109 Å². The molecule has 1 rings (SSSR count). The van der Waals surface area contributed by atoms with Crippen molar-refractivity contribution in [3.63, 3.8) is 0 Å². The molecule has 100 valence electrons. The Morgan fingerprint density at radius 2 is 2.17 bits per heavy atom. The maximum atomic E-state index is 11.9. The number of nitrogens with one attached hydrogen (secondary N) is 1. The molecule has 0 radical (unpaired) electrons.